The summed E-state index contributed by atoms with van der Waals surface area (Å²) in [5.41, 5.74) is 1.46. The van der Waals surface area contributed by atoms with Crippen molar-refractivity contribution in [1.82, 2.24) is 4.90 Å². The molecule has 5 nitrogen and oxygen atoms in total. The van der Waals surface area contributed by atoms with Gasteiger partial charge in [-0.2, -0.15) is 0 Å². The first-order chi connectivity index (χ1) is 11.5. The van der Waals surface area contributed by atoms with Crippen LogP contribution in [0.25, 0.3) is 0 Å². The molecule has 24 heavy (non-hydrogen) atoms. The monoisotopic (exact) mass is 350 g/mol. The molecular weight excluding hydrogens is 328 g/mol. The van der Waals surface area contributed by atoms with Crippen molar-refractivity contribution in [3.63, 3.8) is 0 Å². The lowest BCUT2D eigenvalue weighted by Crippen LogP contribution is -2.37. The highest BCUT2D eigenvalue weighted by Crippen LogP contribution is 2.42. The van der Waals surface area contributed by atoms with Crippen LogP contribution in [-0.2, 0) is 9.59 Å². The van der Waals surface area contributed by atoms with Crippen LogP contribution in [0.1, 0.15) is 31.2 Å². The average Bonchev–Trinajstić information content (AvgIpc) is 3.39. The zero-order chi connectivity index (χ0) is 17.3. The van der Waals surface area contributed by atoms with E-state index in [1.807, 2.05) is 11.8 Å². The van der Waals surface area contributed by atoms with Crippen molar-refractivity contribution in [2.24, 2.45) is 11.8 Å². The van der Waals surface area contributed by atoms with Gasteiger partial charge in [-0.25, -0.2) is 0 Å². The number of nitrogens with one attached hydrogen (secondary N) is 1. The van der Waals surface area contributed by atoms with Crippen LogP contribution in [0.4, 0.5) is 5.69 Å². The number of likely N-dealkylation sites (tertiary alicyclic amines) is 1. The molecule has 2 atom stereocenters. The van der Waals surface area contributed by atoms with Gasteiger partial charge < -0.3 is 15.0 Å². The largest absolute Gasteiger partial charge is 0.495 e. The van der Waals surface area contributed by atoms with Gasteiger partial charge in [-0.15, -0.1) is 0 Å². The van der Waals surface area contributed by atoms with Crippen molar-refractivity contribution < 1.29 is 14.3 Å². The van der Waals surface area contributed by atoms with E-state index in [2.05, 4.69) is 5.32 Å². The van der Waals surface area contributed by atoms with Gasteiger partial charge in [0.2, 0.25) is 11.8 Å². The molecule has 3 rings (SSSR count). The lowest BCUT2D eigenvalue weighted by atomic mass is 10.1. The molecule has 0 radical (unpaired) electrons. The Bertz CT molecular complexity index is 656. The molecule has 1 aliphatic carbocycles. The van der Waals surface area contributed by atoms with Crippen LogP contribution < -0.4 is 10.1 Å². The SMILES string of the molecule is COc1cc(Cl)c(C)cc1NC(=O)C1CC1C(=O)N1CCCCC1. The summed E-state index contributed by atoms with van der Waals surface area (Å²) in [6.45, 7) is 3.53. The van der Waals surface area contributed by atoms with Gasteiger partial charge in [0, 0.05) is 24.2 Å². The first kappa shape index (κ1) is 17.1. The number of hydrogen-bond donors (Lipinski definition) is 1. The molecular formula is C18H23ClN2O3. The molecule has 2 aliphatic rings. The van der Waals surface area contributed by atoms with Gasteiger partial charge >= 0.3 is 0 Å². The Balaban J connectivity index is 1.62. The van der Waals surface area contributed by atoms with E-state index in [-0.39, 0.29) is 23.7 Å². The van der Waals surface area contributed by atoms with Gasteiger partial charge in [-0.05, 0) is 44.2 Å². The normalized spacial score (nSPS) is 22.9. The predicted molar refractivity (Wildman–Crippen MR) is 93.4 cm³/mol. The number of halogens is 1. The second kappa shape index (κ2) is 7.01. The fourth-order valence-corrected chi connectivity index (χ4v) is 3.42. The highest BCUT2D eigenvalue weighted by molar-refractivity contribution is 6.31. The van der Waals surface area contributed by atoms with Gasteiger partial charge in [0.25, 0.3) is 0 Å². The third-order valence-corrected chi connectivity index (χ3v) is 5.26. The van der Waals surface area contributed by atoms with Gasteiger partial charge in [0.15, 0.2) is 0 Å². The number of hydrogen-bond acceptors (Lipinski definition) is 3. The first-order valence-electron chi connectivity index (χ1n) is 8.45. The average molecular weight is 351 g/mol. The fourth-order valence-electron chi connectivity index (χ4n) is 3.26. The highest BCUT2D eigenvalue weighted by Gasteiger charge is 2.49. The molecule has 0 bridgehead atoms. The van der Waals surface area contributed by atoms with E-state index >= 15 is 0 Å². The van der Waals surface area contributed by atoms with Crippen LogP contribution >= 0.6 is 11.6 Å². The molecule has 130 valence electrons. The third kappa shape index (κ3) is 3.51. The summed E-state index contributed by atoms with van der Waals surface area (Å²) in [4.78, 5) is 26.8. The molecule has 2 amide bonds. The van der Waals surface area contributed by atoms with E-state index in [1.54, 1.807) is 12.1 Å². The number of ether oxygens (including phenoxy) is 1. The van der Waals surface area contributed by atoms with Crippen LogP contribution in [0.3, 0.4) is 0 Å². The number of piperidine rings is 1. The lowest BCUT2D eigenvalue weighted by Gasteiger charge is -2.26. The zero-order valence-corrected chi connectivity index (χ0v) is 14.9. The highest BCUT2D eigenvalue weighted by atomic mass is 35.5. The molecule has 1 saturated heterocycles. The van der Waals surface area contributed by atoms with Crippen LogP contribution in [0.15, 0.2) is 12.1 Å². The standard InChI is InChI=1S/C18H23ClN2O3/c1-11-8-15(16(24-2)10-14(11)19)20-17(22)12-9-13(12)18(23)21-6-4-3-5-7-21/h8,10,12-13H,3-7,9H2,1-2H3,(H,20,22). The van der Waals surface area contributed by atoms with E-state index in [1.165, 1.54) is 13.5 Å². The Morgan fingerprint density at radius 2 is 1.92 bits per heavy atom. The van der Waals surface area contributed by atoms with Crippen LogP contribution in [0.5, 0.6) is 5.75 Å². The Morgan fingerprint density at radius 3 is 2.58 bits per heavy atom. The minimum atomic E-state index is -0.236. The number of aryl methyl sites for hydroxylation is 1. The number of methoxy groups -OCH3 is 1. The Morgan fingerprint density at radius 1 is 1.21 bits per heavy atom. The van der Waals surface area contributed by atoms with Crippen molar-refractivity contribution in [2.45, 2.75) is 32.6 Å². The number of carbonyl (C=O) groups excluding carboxylic acids is 2. The summed E-state index contributed by atoms with van der Waals surface area (Å²) < 4.78 is 5.28. The molecule has 1 aromatic carbocycles. The third-order valence-electron chi connectivity index (χ3n) is 4.85. The molecule has 1 N–H and O–H groups in total. The number of anilines is 1. The quantitative estimate of drug-likeness (QED) is 0.906. The summed E-state index contributed by atoms with van der Waals surface area (Å²) in [7, 11) is 1.54. The summed E-state index contributed by atoms with van der Waals surface area (Å²) in [5, 5.41) is 3.48. The topological polar surface area (TPSA) is 58.6 Å². The molecule has 1 aromatic rings. The summed E-state index contributed by atoms with van der Waals surface area (Å²) in [5.74, 6) is 0.139. The van der Waals surface area contributed by atoms with Gasteiger partial charge in [-0.1, -0.05) is 11.6 Å². The molecule has 1 aliphatic heterocycles. The lowest BCUT2D eigenvalue weighted by molar-refractivity contribution is -0.134. The molecule has 1 saturated carbocycles. The molecule has 0 aromatic heterocycles. The minimum Gasteiger partial charge on any atom is -0.495 e. The van der Waals surface area contributed by atoms with E-state index in [0.29, 0.717) is 22.9 Å². The number of benzene rings is 1. The van der Waals surface area contributed by atoms with E-state index < -0.39 is 0 Å². The maximum Gasteiger partial charge on any atom is 0.228 e. The van der Waals surface area contributed by atoms with Crippen LogP contribution in [0.2, 0.25) is 5.02 Å². The minimum absolute atomic E-state index is 0.120. The predicted octanol–water partition coefficient (Wildman–Crippen LogP) is 3.24. The maximum atomic E-state index is 12.5. The summed E-state index contributed by atoms with van der Waals surface area (Å²) in [6, 6.07) is 3.48. The Hall–Kier alpha value is -1.75. The number of nitrogens with zero attached hydrogens (tertiary/aromatic N) is 1. The smallest absolute Gasteiger partial charge is 0.228 e. The molecule has 2 fully saturated rings. The van der Waals surface area contributed by atoms with Crippen molar-refractivity contribution in [1.29, 1.82) is 0 Å². The van der Waals surface area contributed by atoms with E-state index in [0.717, 1.165) is 31.5 Å². The number of amides is 2. The fraction of sp³-hybridized carbons (Fsp3) is 0.556. The molecule has 0 spiro atoms. The van der Waals surface area contributed by atoms with Crippen LogP contribution in [-0.4, -0.2) is 36.9 Å². The molecule has 1 heterocycles. The van der Waals surface area contributed by atoms with Crippen molar-refractivity contribution in [3.8, 4) is 5.75 Å². The van der Waals surface area contributed by atoms with Gasteiger partial charge in [-0.3, -0.25) is 9.59 Å². The summed E-state index contributed by atoms with van der Waals surface area (Å²) in [6.07, 6.45) is 3.96. The zero-order valence-electron chi connectivity index (χ0n) is 14.1. The Labute approximate surface area is 147 Å². The van der Waals surface area contributed by atoms with Gasteiger partial charge in [0.05, 0.1) is 24.6 Å². The van der Waals surface area contributed by atoms with Crippen LogP contribution in [0, 0.1) is 18.8 Å². The summed E-state index contributed by atoms with van der Waals surface area (Å²) >= 11 is 6.08. The van der Waals surface area contributed by atoms with Crippen molar-refractivity contribution in [2.75, 3.05) is 25.5 Å². The maximum absolute atomic E-state index is 12.5. The Kier molecular flexibility index (Phi) is 4.99. The molecule has 2 unspecified atom stereocenters. The second-order valence-corrected chi connectivity index (χ2v) is 7.03. The molecule has 6 heteroatoms. The van der Waals surface area contributed by atoms with Crippen molar-refractivity contribution >= 4 is 29.1 Å². The van der Waals surface area contributed by atoms with Gasteiger partial charge in [0.1, 0.15) is 5.75 Å². The van der Waals surface area contributed by atoms with Crippen molar-refractivity contribution in [3.05, 3.63) is 22.7 Å². The van der Waals surface area contributed by atoms with E-state index in [4.69, 9.17) is 16.3 Å². The first-order valence-corrected chi connectivity index (χ1v) is 8.83. The second-order valence-electron chi connectivity index (χ2n) is 6.63. The number of carbonyl (C=O) groups is 2. The number of rotatable bonds is 4. The van der Waals surface area contributed by atoms with E-state index in [9.17, 15) is 9.59 Å².